The first-order valence-electron chi connectivity index (χ1n) is 5.07. The molecule has 0 saturated carbocycles. The van der Waals surface area contributed by atoms with Crippen molar-refractivity contribution in [2.45, 2.75) is 6.92 Å². The molecular weight excluding hydrogens is 239 g/mol. The number of ether oxygens (including phenoxy) is 1. The monoisotopic (exact) mass is 248 g/mol. The Morgan fingerprint density at radius 2 is 2.17 bits per heavy atom. The highest BCUT2D eigenvalue weighted by atomic mass is 19.1. The molecule has 1 N–H and O–H groups in total. The maximum absolute atomic E-state index is 12.9. The smallest absolute Gasteiger partial charge is 0.341 e. The minimum absolute atomic E-state index is 0.103. The first-order chi connectivity index (χ1) is 8.58. The van der Waals surface area contributed by atoms with E-state index in [1.165, 1.54) is 30.5 Å². The second-order valence-corrected chi connectivity index (χ2v) is 3.57. The molecule has 0 aliphatic heterocycles. The molecule has 0 radical (unpaired) electrons. The third-order valence-corrected chi connectivity index (χ3v) is 2.26. The van der Waals surface area contributed by atoms with Crippen LogP contribution in [0.15, 0.2) is 30.5 Å². The van der Waals surface area contributed by atoms with E-state index in [9.17, 15) is 9.18 Å². The van der Waals surface area contributed by atoms with Gasteiger partial charge in [0.1, 0.15) is 17.1 Å². The Bertz CT molecular complexity index is 602. The maximum atomic E-state index is 12.9. The average Bonchev–Trinajstić information content (AvgIpc) is 2.33. The van der Waals surface area contributed by atoms with Crippen LogP contribution in [0.4, 0.5) is 4.39 Å². The fourth-order valence-corrected chi connectivity index (χ4v) is 1.39. The normalized spacial score (nSPS) is 10.1. The lowest BCUT2D eigenvalue weighted by Crippen LogP contribution is -2.03. The van der Waals surface area contributed by atoms with E-state index in [0.717, 1.165) is 0 Å². The number of nitrogens with zero attached hydrogens (tertiary/aromatic N) is 2. The summed E-state index contributed by atoms with van der Waals surface area (Å²) in [5, 5.41) is 16.1. The van der Waals surface area contributed by atoms with Gasteiger partial charge in [0.2, 0.25) is 0 Å². The lowest BCUT2D eigenvalue weighted by atomic mass is 10.2. The minimum Gasteiger partial charge on any atom is -0.477 e. The lowest BCUT2D eigenvalue weighted by molar-refractivity contribution is 0.0693. The van der Waals surface area contributed by atoms with Crippen molar-refractivity contribution in [2.24, 2.45) is 0 Å². The van der Waals surface area contributed by atoms with Gasteiger partial charge in [-0.3, -0.25) is 0 Å². The third-order valence-electron chi connectivity index (χ3n) is 2.26. The summed E-state index contributed by atoms with van der Waals surface area (Å²) in [4.78, 5) is 10.9. The summed E-state index contributed by atoms with van der Waals surface area (Å²) in [5.41, 5.74) is 0.436. The van der Waals surface area contributed by atoms with E-state index >= 15 is 0 Å². The summed E-state index contributed by atoms with van der Waals surface area (Å²) in [6.45, 7) is 1.65. The van der Waals surface area contributed by atoms with Gasteiger partial charge in [-0.05, 0) is 36.8 Å². The first kappa shape index (κ1) is 12.0. The molecule has 0 saturated heterocycles. The number of aromatic nitrogens is 2. The highest BCUT2D eigenvalue weighted by Crippen LogP contribution is 2.25. The van der Waals surface area contributed by atoms with E-state index in [1.807, 2.05) is 0 Å². The molecule has 18 heavy (non-hydrogen) atoms. The Labute approximate surface area is 102 Å². The van der Waals surface area contributed by atoms with Crippen molar-refractivity contribution in [3.63, 3.8) is 0 Å². The van der Waals surface area contributed by atoms with Gasteiger partial charge < -0.3 is 9.84 Å². The van der Waals surface area contributed by atoms with Crippen LogP contribution in [0, 0.1) is 12.7 Å². The molecule has 6 heteroatoms. The molecule has 1 aromatic heterocycles. The molecule has 0 aliphatic carbocycles. The lowest BCUT2D eigenvalue weighted by Gasteiger charge is -2.08. The van der Waals surface area contributed by atoms with E-state index in [1.54, 1.807) is 6.92 Å². The average molecular weight is 248 g/mol. The first-order valence-corrected chi connectivity index (χ1v) is 5.07. The SMILES string of the molecule is Cc1cc(F)ccc1Oc1nnccc1C(=O)O. The second-order valence-electron chi connectivity index (χ2n) is 3.57. The number of carboxylic acids is 1. The van der Waals surface area contributed by atoms with Crippen molar-refractivity contribution >= 4 is 5.97 Å². The molecule has 0 spiro atoms. The summed E-state index contributed by atoms with van der Waals surface area (Å²) >= 11 is 0. The molecule has 5 nitrogen and oxygen atoms in total. The number of carbonyl (C=O) groups is 1. The van der Waals surface area contributed by atoms with E-state index in [0.29, 0.717) is 11.3 Å². The highest BCUT2D eigenvalue weighted by molar-refractivity contribution is 5.90. The zero-order valence-corrected chi connectivity index (χ0v) is 9.42. The predicted octanol–water partition coefficient (Wildman–Crippen LogP) is 2.41. The number of aryl methyl sites for hydroxylation is 1. The summed E-state index contributed by atoms with van der Waals surface area (Å²) in [6, 6.07) is 5.19. The molecule has 0 atom stereocenters. The van der Waals surface area contributed by atoms with Crippen LogP contribution < -0.4 is 4.74 Å². The molecule has 0 amide bonds. The van der Waals surface area contributed by atoms with Crippen LogP contribution in [0.5, 0.6) is 11.6 Å². The minimum atomic E-state index is -1.17. The number of rotatable bonds is 3. The van der Waals surface area contributed by atoms with Crippen LogP contribution in [0.2, 0.25) is 0 Å². The van der Waals surface area contributed by atoms with Gasteiger partial charge in [0.25, 0.3) is 5.88 Å². The van der Waals surface area contributed by atoms with Gasteiger partial charge >= 0.3 is 5.97 Å². The van der Waals surface area contributed by atoms with E-state index in [-0.39, 0.29) is 11.4 Å². The number of aromatic carboxylic acids is 1. The predicted molar refractivity (Wildman–Crippen MR) is 60.2 cm³/mol. The molecule has 1 heterocycles. The third kappa shape index (κ3) is 2.42. The molecule has 0 aliphatic rings. The Hall–Kier alpha value is -2.50. The van der Waals surface area contributed by atoms with E-state index < -0.39 is 11.8 Å². The topological polar surface area (TPSA) is 72.3 Å². The van der Waals surface area contributed by atoms with Gasteiger partial charge in [0.15, 0.2) is 0 Å². The summed E-state index contributed by atoms with van der Waals surface area (Å²) in [7, 11) is 0. The summed E-state index contributed by atoms with van der Waals surface area (Å²) < 4.78 is 18.3. The van der Waals surface area contributed by atoms with Gasteiger partial charge in [0.05, 0.1) is 6.20 Å². The van der Waals surface area contributed by atoms with Crippen LogP contribution >= 0.6 is 0 Å². The largest absolute Gasteiger partial charge is 0.477 e. The zero-order chi connectivity index (χ0) is 13.1. The Morgan fingerprint density at radius 1 is 1.39 bits per heavy atom. The van der Waals surface area contributed by atoms with Crippen molar-refractivity contribution in [1.82, 2.24) is 10.2 Å². The second kappa shape index (κ2) is 4.79. The molecule has 92 valence electrons. The standard InChI is InChI=1S/C12H9FN2O3/c1-7-6-8(13)2-3-10(7)18-11-9(12(16)17)4-5-14-15-11/h2-6H,1H3,(H,16,17). The van der Waals surface area contributed by atoms with Crippen molar-refractivity contribution in [3.8, 4) is 11.6 Å². The maximum Gasteiger partial charge on any atom is 0.341 e. The fraction of sp³-hybridized carbons (Fsp3) is 0.0833. The number of halogens is 1. The summed E-state index contributed by atoms with van der Waals surface area (Å²) in [6.07, 6.45) is 1.26. The molecule has 1 aromatic carbocycles. The Kier molecular flexibility index (Phi) is 3.18. The number of hydrogen-bond donors (Lipinski definition) is 1. The zero-order valence-electron chi connectivity index (χ0n) is 9.42. The van der Waals surface area contributed by atoms with E-state index in [4.69, 9.17) is 9.84 Å². The van der Waals surface area contributed by atoms with Crippen LogP contribution in [0.1, 0.15) is 15.9 Å². The Morgan fingerprint density at radius 3 is 2.83 bits per heavy atom. The molecule has 0 bridgehead atoms. The highest BCUT2D eigenvalue weighted by Gasteiger charge is 2.14. The van der Waals surface area contributed by atoms with Gasteiger partial charge in [-0.25, -0.2) is 9.18 Å². The van der Waals surface area contributed by atoms with Gasteiger partial charge in [-0.1, -0.05) is 0 Å². The van der Waals surface area contributed by atoms with Crippen molar-refractivity contribution in [3.05, 3.63) is 47.4 Å². The van der Waals surface area contributed by atoms with Crippen LogP contribution in [0.25, 0.3) is 0 Å². The van der Waals surface area contributed by atoms with Crippen LogP contribution in [0.3, 0.4) is 0 Å². The Balaban J connectivity index is 2.37. The van der Waals surface area contributed by atoms with Crippen LogP contribution in [-0.2, 0) is 0 Å². The van der Waals surface area contributed by atoms with Crippen molar-refractivity contribution < 1.29 is 19.0 Å². The molecular formula is C12H9FN2O3. The molecule has 0 fully saturated rings. The number of hydrogen-bond acceptors (Lipinski definition) is 4. The van der Waals surface area contributed by atoms with Gasteiger partial charge in [-0.2, -0.15) is 5.10 Å². The van der Waals surface area contributed by atoms with Crippen molar-refractivity contribution in [2.75, 3.05) is 0 Å². The van der Waals surface area contributed by atoms with Gasteiger partial charge in [-0.15, -0.1) is 5.10 Å². The van der Waals surface area contributed by atoms with Crippen molar-refractivity contribution in [1.29, 1.82) is 0 Å². The van der Waals surface area contributed by atoms with E-state index in [2.05, 4.69) is 10.2 Å². The fourth-order valence-electron chi connectivity index (χ4n) is 1.39. The quantitative estimate of drug-likeness (QED) is 0.902. The number of carboxylic acid groups (broad SMARTS) is 1. The molecule has 0 unspecified atom stereocenters. The molecule has 2 aromatic rings. The van der Waals surface area contributed by atoms with Crippen LogP contribution in [-0.4, -0.2) is 21.3 Å². The number of benzene rings is 1. The molecule has 2 rings (SSSR count). The summed E-state index contributed by atoms with van der Waals surface area (Å²) in [5.74, 6) is -1.35. The van der Waals surface area contributed by atoms with Gasteiger partial charge in [0, 0.05) is 0 Å².